The smallest absolute Gasteiger partial charge is 0.139 e. The van der Waals surface area contributed by atoms with Gasteiger partial charge in [0.25, 0.3) is 0 Å². The van der Waals surface area contributed by atoms with Crippen molar-refractivity contribution in [2.45, 2.75) is 53.4 Å². The topological polar surface area (TPSA) is 34.1 Å². The minimum atomic E-state index is 0.166. The summed E-state index contributed by atoms with van der Waals surface area (Å²) in [4.78, 5) is 23.7. The normalized spacial score (nSPS) is 38.2. The molecule has 0 aromatic carbocycles. The van der Waals surface area contributed by atoms with Gasteiger partial charge in [0.1, 0.15) is 11.6 Å². The van der Waals surface area contributed by atoms with Crippen molar-refractivity contribution in [2.75, 3.05) is 0 Å². The minimum absolute atomic E-state index is 0.166. The quantitative estimate of drug-likeness (QED) is 0.614. The summed E-state index contributed by atoms with van der Waals surface area (Å²) < 4.78 is 0. The lowest BCUT2D eigenvalue weighted by Gasteiger charge is -2.32. The van der Waals surface area contributed by atoms with Crippen molar-refractivity contribution < 1.29 is 9.59 Å². The van der Waals surface area contributed by atoms with Gasteiger partial charge in [-0.15, -0.1) is 0 Å². The summed E-state index contributed by atoms with van der Waals surface area (Å²) in [5.41, 5.74) is 2.95. The molecule has 4 unspecified atom stereocenters. The van der Waals surface area contributed by atoms with Crippen LogP contribution in [0.1, 0.15) is 53.4 Å². The van der Waals surface area contributed by atoms with Crippen LogP contribution >= 0.6 is 0 Å². The van der Waals surface area contributed by atoms with Gasteiger partial charge in [0.15, 0.2) is 0 Å². The van der Waals surface area contributed by atoms with Gasteiger partial charge >= 0.3 is 0 Å². The standard InChI is InChI=1S/C16H24O2/c1-9-5-13(6-10(2)15(9)17)14-7-11(3)16(18)12(4)8-14/h9-12H,5-8H2,1-4H3. The summed E-state index contributed by atoms with van der Waals surface area (Å²) in [5, 5.41) is 0. The van der Waals surface area contributed by atoms with Crippen molar-refractivity contribution in [3.05, 3.63) is 11.1 Å². The van der Waals surface area contributed by atoms with Crippen LogP contribution in [-0.4, -0.2) is 11.6 Å². The Bertz CT molecular complexity index is 335. The monoisotopic (exact) mass is 248 g/mol. The Labute approximate surface area is 110 Å². The number of rotatable bonds is 0. The highest BCUT2D eigenvalue weighted by Crippen LogP contribution is 2.38. The van der Waals surface area contributed by atoms with Crippen molar-refractivity contribution in [3.8, 4) is 0 Å². The molecule has 0 aliphatic heterocycles. The fraction of sp³-hybridized carbons (Fsp3) is 0.750. The van der Waals surface area contributed by atoms with E-state index in [1.807, 2.05) is 27.7 Å². The van der Waals surface area contributed by atoms with E-state index in [4.69, 9.17) is 0 Å². The molecule has 100 valence electrons. The Morgan fingerprint density at radius 1 is 0.611 bits per heavy atom. The van der Waals surface area contributed by atoms with Crippen LogP contribution in [0.3, 0.4) is 0 Å². The van der Waals surface area contributed by atoms with E-state index in [0.717, 1.165) is 25.7 Å². The molecule has 0 saturated heterocycles. The summed E-state index contributed by atoms with van der Waals surface area (Å²) >= 11 is 0. The highest BCUT2D eigenvalue weighted by Gasteiger charge is 2.33. The predicted octanol–water partition coefficient (Wildman–Crippen LogP) is 3.55. The van der Waals surface area contributed by atoms with E-state index in [-0.39, 0.29) is 23.7 Å². The average Bonchev–Trinajstić information content (AvgIpc) is 2.31. The SMILES string of the molecule is CC1CC(=C2CC(C)C(=O)C(C)C2)CC(C)C1=O. The van der Waals surface area contributed by atoms with E-state index in [1.54, 1.807) is 0 Å². The molecule has 0 N–H and O–H groups in total. The number of hydrogen-bond donors (Lipinski definition) is 0. The molecule has 0 aromatic heterocycles. The van der Waals surface area contributed by atoms with Gasteiger partial charge < -0.3 is 0 Å². The molecule has 2 aliphatic rings. The van der Waals surface area contributed by atoms with Crippen LogP contribution < -0.4 is 0 Å². The van der Waals surface area contributed by atoms with Gasteiger partial charge in [-0.05, 0) is 25.7 Å². The van der Waals surface area contributed by atoms with Crippen LogP contribution in [-0.2, 0) is 9.59 Å². The molecule has 2 heteroatoms. The molecule has 0 amide bonds. The number of Topliss-reactive ketones (excluding diaryl/α,β-unsaturated/α-hetero) is 2. The number of allylic oxidation sites excluding steroid dienone is 2. The first-order chi connectivity index (χ1) is 8.40. The molecule has 0 radical (unpaired) electrons. The molecule has 2 aliphatic carbocycles. The third-order valence-corrected chi connectivity index (χ3v) is 4.65. The first-order valence-corrected chi connectivity index (χ1v) is 7.17. The van der Waals surface area contributed by atoms with Crippen molar-refractivity contribution in [1.82, 2.24) is 0 Å². The number of hydrogen-bond acceptors (Lipinski definition) is 2. The number of ketones is 2. The molecule has 2 saturated carbocycles. The maximum Gasteiger partial charge on any atom is 0.139 e. The maximum atomic E-state index is 11.9. The van der Waals surface area contributed by atoms with Crippen LogP contribution in [0, 0.1) is 23.7 Å². The molecule has 0 bridgehead atoms. The summed E-state index contributed by atoms with van der Waals surface area (Å²) in [6, 6.07) is 0. The van der Waals surface area contributed by atoms with E-state index in [1.165, 1.54) is 11.1 Å². The van der Waals surface area contributed by atoms with Crippen molar-refractivity contribution in [3.63, 3.8) is 0 Å². The third-order valence-electron chi connectivity index (χ3n) is 4.65. The number of carbonyl (C=O) groups excluding carboxylic acids is 2. The molecule has 18 heavy (non-hydrogen) atoms. The molecule has 4 atom stereocenters. The zero-order valence-electron chi connectivity index (χ0n) is 12.0. The zero-order chi connectivity index (χ0) is 13.4. The Balaban J connectivity index is 2.21. The van der Waals surface area contributed by atoms with E-state index in [0.29, 0.717) is 11.6 Å². The Hall–Kier alpha value is -0.920. The van der Waals surface area contributed by atoms with Gasteiger partial charge in [-0.3, -0.25) is 9.59 Å². The first-order valence-electron chi connectivity index (χ1n) is 7.17. The maximum absolute atomic E-state index is 11.9. The molecule has 2 rings (SSSR count). The van der Waals surface area contributed by atoms with E-state index >= 15 is 0 Å². The fourth-order valence-corrected chi connectivity index (χ4v) is 3.60. The second-order valence-electron chi connectivity index (χ2n) is 6.43. The molecule has 0 heterocycles. The van der Waals surface area contributed by atoms with Crippen molar-refractivity contribution in [2.24, 2.45) is 23.7 Å². The molecule has 2 fully saturated rings. The molecular formula is C16H24O2. The predicted molar refractivity (Wildman–Crippen MR) is 72.2 cm³/mol. The van der Waals surface area contributed by atoms with Gasteiger partial charge in [-0.2, -0.15) is 0 Å². The summed E-state index contributed by atoms with van der Waals surface area (Å²) in [7, 11) is 0. The average molecular weight is 248 g/mol. The Kier molecular flexibility index (Phi) is 3.74. The lowest BCUT2D eigenvalue weighted by atomic mass is 9.71. The zero-order valence-corrected chi connectivity index (χ0v) is 12.0. The van der Waals surface area contributed by atoms with Gasteiger partial charge in [-0.1, -0.05) is 38.8 Å². The Morgan fingerprint density at radius 3 is 1.06 bits per heavy atom. The lowest BCUT2D eigenvalue weighted by molar-refractivity contribution is -0.128. The second kappa shape index (κ2) is 4.99. The third kappa shape index (κ3) is 2.43. The van der Waals surface area contributed by atoms with E-state index in [9.17, 15) is 9.59 Å². The molecule has 0 spiro atoms. The first kappa shape index (κ1) is 13.5. The van der Waals surface area contributed by atoms with Crippen LogP contribution in [0.25, 0.3) is 0 Å². The molecular weight excluding hydrogens is 224 g/mol. The van der Waals surface area contributed by atoms with Crippen LogP contribution in [0.5, 0.6) is 0 Å². The van der Waals surface area contributed by atoms with Gasteiger partial charge in [0, 0.05) is 23.7 Å². The van der Waals surface area contributed by atoms with Crippen LogP contribution in [0.15, 0.2) is 11.1 Å². The summed E-state index contributed by atoms with van der Waals surface area (Å²) in [5.74, 6) is 1.48. The highest BCUT2D eigenvalue weighted by molar-refractivity contribution is 5.86. The highest BCUT2D eigenvalue weighted by atomic mass is 16.1. The van der Waals surface area contributed by atoms with Gasteiger partial charge in [0.05, 0.1) is 0 Å². The van der Waals surface area contributed by atoms with Crippen molar-refractivity contribution in [1.29, 1.82) is 0 Å². The van der Waals surface area contributed by atoms with Gasteiger partial charge in [0.2, 0.25) is 0 Å². The molecule has 2 nitrogen and oxygen atoms in total. The largest absolute Gasteiger partial charge is 0.299 e. The lowest BCUT2D eigenvalue weighted by Crippen LogP contribution is -2.30. The summed E-state index contributed by atoms with van der Waals surface area (Å²) in [6.45, 7) is 8.16. The van der Waals surface area contributed by atoms with Gasteiger partial charge in [-0.25, -0.2) is 0 Å². The Morgan fingerprint density at radius 2 is 0.833 bits per heavy atom. The van der Waals surface area contributed by atoms with E-state index in [2.05, 4.69) is 0 Å². The minimum Gasteiger partial charge on any atom is -0.299 e. The second-order valence-corrected chi connectivity index (χ2v) is 6.43. The van der Waals surface area contributed by atoms with Crippen LogP contribution in [0.2, 0.25) is 0 Å². The van der Waals surface area contributed by atoms with Crippen LogP contribution in [0.4, 0.5) is 0 Å². The molecule has 0 aromatic rings. The fourth-order valence-electron chi connectivity index (χ4n) is 3.60. The van der Waals surface area contributed by atoms with E-state index < -0.39 is 0 Å². The summed E-state index contributed by atoms with van der Waals surface area (Å²) in [6.07, 6.45) is 3.69. The number of carbonyl (C=O) groups is 2. The van der Waals surface area contributed by atoms with Crippen molar-refractivity contribution >= 4 is 11.6 Å².